The molecular weight excluding hydrogens is 248 g/mol. The number of ether oxygens (including phenoxy) is 1. The molecule has 0 saturated carbocycles. The third-order valence-electron chi connectivity index (χ3n) is 3.49. The first-order valence-corrected chi connectivity index (χ1v) is 7.23. The molecule has 5 heteroatoms. The Balaban J connectivity index is 2.00. The van der Waals surface area contributed by atoms with Crippen molar-refractivity contribution in [2.45, 2.75) is 39.7 Å². The highest BCUT2D eigenvalue weighted by Crippen LogP contribution is 2.28. The average Bonchev–Trinajstić information content (AvgIpc) is 2.92. The fourth-order valence-electron chi connectivity index (χ4n) is 2.51. The highest BCUT2D eigenvalue weighted by molar-refractivity contribution is 7.10. The summed E-state index contributed by atoms with van der Waals surface area (Å²) in [7, 11) is 0. The predicted octanol–water partition coefficient (Wildman–Crippen LogP) is 2.88. The van der Waals surface area contributed by atoms with Crippen LogP contribution in [-0.4, -0.2) is 29.4 Å². The van der Waals surface area contributed by atoms with E-state index in [0.29, 0.717) is 12.0 Å². The maximum atomic E-state index is 11.6. The van der Waals surface area contributed by atoms with Crippen molar-refractivity contribution in [3.8, 4) is 0 Å². The summed E-state index contributed by atoms with van der Waals surface area (Å²) in [6.07, 6.45) is 2.50. The summed E-state index contributed by atoms with van der Waals surface area (Å²) in [6, 6.07) is 0. The SMILES string of the molecule is CCC1OCCC1CNc1snc(C)c1C(C)=O. The molecule has 18 heavy (non-hydrogen) atoms. The summed E-state index contributed by atoms with van der Waals surface area (Å²) in [5.74, 6) is 0.621. The summed E-state index contributed by atoms with van der Waals surface area (Å²) in [4.78, 5) is 11.6. The Bertz CT molecular complexity index is 431. The molecule has 1 saturated heterocycles. The Morgan fingerprint density at radius 1 is 1.61 bits per heavy atom. The van der Waals surface area contributed by atoms with Crippen LogP contribution in [0.15, 0.2) is 0 Å². The van der Waals surface area contributed by atoms with Crippen molar-refractivity contribution < 1.29 is 9.53 Å². The van der Waals surface area contributed by atoms with Crippen LogP contribution in [0.2, 0.25) is 0 Å². The van der Waals surface area contributed by atoms with Crippen molar-refractivity contribution in [2.24, 2.45) is 5.92 Å². The van der Waals surface area contributed by atoms with Gasteiger partial charge in [0.05, 0.1) is 17.4 Å². The van der Waals surface area contributed by atoms with Crippen molar-refractivity contribution in [1.29, 1.82) is 0 Å². The molecule has 1 fully saturated rings. The van der Waals surface area contributed by atoms with E-state index in [1.807, 2.05) is 6.92 Å². The zero-order chi connectivity index (χ0) is 13.1. The highest BCUT2D eigenvalue weighted by atomic mass is 32.1. The minimum atomic E-state index is 0.0819. The number of rotatable bonds is 5. The first kappa shape index (κ1) is 13.5. The van der Waals surface area contributed by atoms with Crippen molar-refractivity contribution in [3.63, 3.8) is 0 Å². The lowest BCUT2D eigenvalue weighted by Gasteiger charge is -2.17. The van der Waals surface area contributed by atoms with Gasteiger partial charge in [0.25, 0.3) is 0 Å². The maximum Gasteiger partial charge on any atom is 0.164 e. The number of hydrogen-bond acceptors (Lipinski definition) is 5. The van der Waals surface area contributed by atoms with E-state index in [0.717, 1.165) is 42.3 Å². The Morgan fingerprint density at radius 3 is 3.06 bits per heavy atom. The number of hydrogen-bond donors (Lipinski definition) is 1. The van der Waals surface area contributed by atoms with Gasteiger partial charge < -0.3 is 10.1 Å². The Hall–Kier alpha value is -0.940. The van der Waals surface area contributed by atoms with Crippen LogP contribution in [0.1, 0.15) is 42.7 Å². The van der Waals surface area contributed by atoms with Crippen molar-refractivity contribution >= 4 is 22.3 Å². The summed E-state index contributed by atoms with van der Waals surface area (Å²) < 4.78 is 9.92. The standard InChI is InChI=1S/C13H20N2O2S/c1-4-11-10(5-6-17-11)7-14-13-12(9(3)16)8(2)15-18-13/h10-11,14H,4-7H2,1-3H3. The van der Waals surface area contributed by atoms with Crippen LogP contribution in [-0.2, 0) is 4.74 Å². The minimum Gasteiger partial charge on any atom is -0.378 e. The highest BCUT2D eigenvalue weighted by Gasteiger charge is 2.27. The number of nitrogens with zero attached hydrogens (tertiary/aromatic N) is 1. The summed E-state index contributed by atoms with van der Waals surface area (Å²) in [5, 5.41) is 4.28. The van der Waals surface area contributed by atoms with Gasteiger partial charge in [-0.3, -0.25) is 4.79 Å². The largest absolute Gasteiger partial charge is 0.378 e. The van der Waals surface area contributed by atoms with E-state index < -0.39 is 0 Å². The maximum absolute atomic E-state index is 11.6. The molecule has 2 rings (SSSR count). The average molecular weight is 268 g/mol. The van der Waals surface area contributed by atoms with E-state index in [4.69, 9.17) is 4.74 Å². The second kappa shape index (κ2) is 5.80. The molecule has 1 aliphatic heterocycles. The topological polar surface area (TPSA) is 51.2 Å². The summed E-state index contributed by atoms with van der Waals surface area (Å²) >= 11 is 1.37. The van der Waals surface area contributed by atoms with Gasteiger partial charge >= 0.3 is 0 Å². The molecule has 4 nitrogen and oxygen atoms in total. The molecule has 0 amide bonds. The fourth-order valence-corrected chi connectivity index (χ4v) is 3.36. The number of carbonyl (C=O) groups is 1. The monoisotopic (exact) mass is 268 g/mol. The third-order valence-corrected chi connectivity index (χ3v) is 4.38. The van der Waals surface area contributed by atoms with Gasteiger partial charge in [-0.2, -0.15) is 4.37 Å². The number of ketones is 1. The van der Waals surface area contributed by atoms with Crippen LogP contribution in [0.25, 0.3) is 0 Å². The molecule has 0 spiro atoms. The predicted molar refractivity (Wildman–Crippen MR) is 73.5 cm³/mol. The Labute approximate surface area is 112 Å². The zero-order valence-electron chi connectivity index (χ0n) is 11.2. The number of nitrogens with one attached hydrogen (secondary N) is 1. The molecule has 0 aromatic carbocycles. The minimum absolute atomic E-state index is 0.0819. The van der Waals surface area contributed by atoms with Gasteiger partial charge in [-0.15, -0.1) is 0 Å². The van der Waals surface area contributed by atoms with Crippen LogP contribution in [0.3, 0.4) is 0 Å². The smallest absolute Gasteiger partial charge is 0.164 e. The van der Waals surface area contributed by atoms with Gasteiger partial charge in [-0.25, -0.2) is 0 Å². The van der Waals surface area contributed by atoms with E-state index in [9.17, 15) is 4.79 Å². The van der Waals surface area contributed by atoms with Gasteiger partial charge in [-0.1, -0.05) is 6.92 Å². The second-order valence-corrected chi connectivity index (χ2v) is 5.55. The van der Waals surface area contributed by atoms with Gasteiger partial charge in [0.2, 0.25) is 0 Å². The molecule has 1 N–H and O–H groups in total. The number of aryl methyl sites for hydroxylation is 1. The molecule has 2 heterocycles. The summed E-state index contributed by atoms with van der Waals surface area (Å²) in [6.45, 7) is 7.34. The fraction of sp³-hybridized carbons (Fsp3) is 0.692. The number of Topliss-reactive ketones (excluding diaryl/α,β-unsaturated/α-hetero) is 1. The quantitative estimate of drug-likeness (QED) is 0.834. The zero-order valence-corrected chi connectivity index (χ0v) is 12.0. The number of anilines is 1. The van der Waals surface area contributed by atoms with E-state index in [1.54, 1.807) is 6.92 Å². The van der Waals surface area contributed by atoms with E-state index in [2.05, 4.69) is 16.6 Å². The molecule has 0 bridgehead atoms. The Kier molecular flexibility index (Phi) is 4.35. The lowest BCUT2D eigenvalue weighted by Crippen LogP contribution is -2.23. The second-order valence-electron chi connectivity index (χ2n) is 4.78. The molecule has 0 aliphatic carbocycles. The van der Waals surface area contributed by atoms with Crippen molar-refractivity contribution in [1.82, 2.24) is 4.37 Å². The molecule has 1 aromatic rings. The van der Waals surface area contributed by atoms with Crippen LogP contribution in [0, 0.1) is 12.8 Å². The van der Waals surface area contributed by atoms with Gasteiger partial charge in [0.1, 0.15) is 5.00 Å². The van der Waals surface area contributed by atoms with Gasteiger partial charge in [0, 0.05) is 19.1 Å². The van der Waals surface area contributed by atoms with E-state index in [-0.39, 0.29) is 5.78 Å². The lowest BCUT2D eigenvalue weighted by molar-refractivity contribution is 0.0900. The molecular formula is C13H20N2O2S. The molecule has 0 radical (unpaired) electrons. The van der Waals surface area contributed by atoms with Crippen LogP contribution in [0.5, 0.6) is 0 Å². The lowest BCUT2D eigenvalue weighted by atomic mass is 10.00. The molecule has 2 atom stereocenters. The van der Waals surface area contributed by atoms with Crippen molar-refractivity contribution in [3.05, 3.63) is 11.3 Å². The van der Waals surface area contributed by atoms with Crippen LogP contribution >= 0.6 is 11.5 Å². The first-order chi connectivity index (χ1) is 8.63. The van der Waals surface area contributed by atoms with Gasteiger partial charge in [-0.05, 0) is 38.2 Å². The number of carbonyl (C=O) groups excluding carboxylic acids is 1. The Morgan fingerprint density at radius 2 is 2.39 bits per heavy atom. The van der Waals surface area contributed by atoms with Crippen molar-refractivity contribution in [2.75, 3.05) is 18.5 Å². The molecule has 1 aliphatic rings. The summed E-state index contributed by atoms with van der Waals surface area (Å²) in [5.41, 5.74) is 1.57. The van der Waals surface area contributed by atoms with E-state index >= 15 is 0 Å². The molecule has 2 unspecified atom stereocenters. The van der Waals surface area contributed by atoms with Crippen LogP contribution in [0.4, 0.5) is 5.00 Å². The first-order valence-electron chi connectivity index (χ1n) is 6.46. The van der Waals surface area contributed by atoms with E-state index in [1.165, 1.54) is 11.5 Å². The van der Waals surface area contributed by atoms with Crippen LogP contribution < -0.4 is 5.32 Å². The normalized spacial score (nSPS) is 23.3. The van der Waals surface area contributed by atoms with Gasteiger partial charge in [0.15, 0.2) is 5.78 Å². The third kappa shape index (κ3) is 2.72. The molecule has 100 valence electrons. The number of aromatic nitrogens is 1. The molecule has 1 aromatic heterocycles.